The number of allylic oxidation sites excluding steroid dienone is 12. The number of hydrogen-bond donors (Lipinski definition) is 19. The second-order valence-electron chi connectivity index (χ2n) is 26.2. The van der Waals surface area contributed by atoms with Gasteiger partial charge in [-0.1, -0.05) is 105 Å². The zero-order chi connectivity index (χ0) is 69.7. The van der Waals surface area contributed by atoms with E-state index in [1.54, 1.807) is 92.8 Å². The molecular weight excluding hydrogens is 1250 g/mol. The number of esters is 1. The van der Waals surface area contributed by atoms with Gasteiger partial charge in [0.1, 0.15) is 54.9 Å². The molecule has 4 unspecified atom stereocenters. The normalized spacial score (nSPS) is 45.8. The summed E-state index contributed by atoms with van der Waals surface area (Å²) < 4.78 is 40.9. The van der Waals surface area contributed by atoms with Crippen molar-refractivity contribution in [2.45, 2.75) is 251 Å². The average Bonchev–Trinajstić information content (AvgIpc) is 0.789. The number of aliphatic hydroxyl groups is 17. The highest BCUT2D eigenvalue weighted by Gasteiger charge is 2.55. The highest BCUT2D eigenvalue weighted by atomic mass is 16.7. The van der Waals surface area contributed by atoms with Crippen LogP contribution in [0.2, 0.25) is 0 Å². The summed E-state index contributed by atoms with van der Waals surface area (Å²) in [5, 5.41) is 194. The average molecular weight is 1360 g/mol. The van der Waals surface area contributed by atoms with Gasteiger partial charge < -0.3 is 136 Å². The largest absolute Gasteiger partial charge is 0.462 e. The van der Waals surface area contributed by atoms with Crippen molar-refractivity contribution >= 4 is 11.9 Å². The van der Waals surface area contributed by atoms with E-state index in [2.05, 4.69) is 15.5 Å². The molecule has 0 saturated carbocycles. The minimum Gasteiger partial charge on any atom is -0.462 e. The number of nitrogens with zero attached hydrogens (tertiary/aromatic N) is 1. The lowest BCUT2D eigenvalue weighted by Gasteiger charge is -2.48. The van der Waals surface area contributed by atoms with Crippen molar-refractivity contribution in [2.24, 2.45) is 17.8 Å². The van der Waals surface area contributed by atoms with Gasteiger partial charge >= 0.3 is 5.97 Å². The number of piperidine rings is 1. The monoisotopic (exact) mass is 1360 g/mol. The number of hydrogen-bond acceptors (Lipinski definition) is 28. The zero-order valence-electron chi connectivity index (χ0n) is 54.5. The van der Waals surface area contributed by atoms with Gasteiger partial charge in [-0.25, -0.2) is 0 Å². The number of carbonyl (C=O) groups is 2. The Morgan fingerprint density at radius 1 is 0.621 bits per heavy atom. The Hall–Kier alpha value is -3.88. The number of likely N-dealkylation sites (tertiary alicyclic amines) is 1. The van der Waals surface area contributed by atoms with Gasteiger partial charge in [-0.3, -0.25) is 9.59 Å². The van der Waals surface area contributed by atoms with Crippen LogP contribution in [0, 0.1) is 17.8 Å². The molecule has 6 aliphatic rings. The third-order valence-corrected chi connectivity index (χ3v) is 18.6. The molecule has 19 N–H and O–H groups in total. The molecule has 95 heavy (non-hydrogen) atoms. The zero-order valence-corrected chi connectivity index (χ0v) is 54.5. The molecule has 0 aromatic rings. The Morgan fingerprint density at radius 2 is 1.24 bits per heavy atom. The summed E-state index contributed by atoms with van der Waals surface area (Å²) in [6.45, 7) is 6.68. The van der Waals surface area contributed by atoms with Crippen LogP contribution in [0.25, 0.3) is 0 Å². The number of rotatable bonds is 12. The number of fused-ring (bicyclic) bond motifs is 2. The van der Waals surface area contributed by atoms with E-state index in [1.807, 2.05) is 6.92 Å². The molecule has 1 amide bonds. The number of aliphatic hydroxyl groups excluding tert-OH is 15. The van der Waals surface area contributed by atoms with E-state index in [0.717, 1.165) is 32.4 Å². The van der Waals surface area contributed by atoms with E-state index in [-0.39, 0.29) is 38.1 Å². The first kappa shape index (κ1) is 80.1. The highest BCUT2D eigenvalue weighted by molar-refractivity contribution is 5.80. The maximum Gasteiger partial charge on any atom is 0.308 e. The SMILES string of the molecule is C[C@@H]1[C@H](O)[C@@H](C)/C=C/C=C/C=C/C=C/C=C/C=C/C=C/[C@H](OC2O[C@H](C)[C@@H](O)[C@H](NC[C@@]3(O)OC[C@@H](O)[C@@H](OC4O[C@H](CO)[C@@H](O)[C@H](O)[C@H]4O)[C@@H]3O)[C@@H]2O)CC2O[C@](O)(C[C@@H](O)C[C@@H](O)[C@H](O)CC[C@@H](O)C[C@@H](O)CC(=O)O[C@H]1C)C[C@H](O)C2C(=O)NCCN1CCCCC1. The number of nitrogens with one attached hydrogen (secondary N) is 2. The molecule has 5 saturated heterocycles. The third kappa shape index (κ3) is 23.9. The van der Waals surface area contributed by atoms with Gasteiger partial charge in [-0.2, -0.15) is 0 Å². The van der Waals surface area contributed by atoms with Gasteiger partial charge in [0, 0.05) is 50.6 Å². The van der Waals surface area contributed by atoms with E-state index in [9.17, 15) is 96.4 Å². The summed E-state index contributed by atoms with van der Waals surface area (Å²) in [4.78, 5) is 29.4. The minimum absolute atomic E-state index is 0.149. The molecule has 29 heteroatoms. The summed E-state index contributed by atoms with van der Waals surface area (Å²) in [5.41, 5.74) is 0. The van der Waals surface area contributed by atoms with Crippen molar-refractivity contribution in [3.05, 3.63) is 85.1 Å². The summed E-state index contributed by atoms with van der Waals surface area (Å²) >= 11 is 0. The minimum atomic E-state index is -2.67. The fourth-order valence-corrected chi connectivity index (χ4v) is 12.6. The van der Waals surface area contributed by atoms with Crippen LogP contribution in [0.4, 0.5) is 0 Å². The van der Waals surface area contributed by atoms with Gasteiger partial charge in [0.2, 0.25) is 11.7 Å². The smallest absolute Gasteiger partial charge is 0.308 e. The quantitative estimate of drug-likeness (QED) is 0.0843. The van der Waals surface area contributed by atoms with Gasteiger partial charge in [0.05, 0.1) is 105 Å². The fraction of sp³-hybridized carbons (Fsp3) is 0.758. The second-order valence-corrected chi connectivity index (χ2v) is 26.2. The molecule has 29 nitrogen and oxygen atoms in total. The molecule has 0 aliphatic carbocycles. The molecule has 0 spiro atoms. The molecule has 6 rings (SSSR count). The lowest BCUT2D eigenvalue weighted by atomic mass is 9.82. The molecule has 5 fully saturated rings. The highest BCUT2D eigenvalue weighted by Crippen LogP contribution is 2.39. The Balaban J connectivity index is 1.26. The topological polar surface area (TPSA) is 470 Å². The van der Waals surface area contributed by atoms with Crippen molar-refractivity contribution in [1.82, 2.24) is 15.5 Å². The van der Waals surface area contributed by atoms with E-state index in [0.29, 0.717) is 6.54 Å². The van der Waals surface area contributed by atoms with Crippen LogP contribution in [0.5, 0.6) is 0 Å². The molecule has 542 valence electrons. The number of amides is 1. The van der Waals surface area contributed by atoms with Crippen LogP contribution in [0.15, 0.2) is 85.1 Å². The summed E-state index contributed by atoms with van der Waals surface area (Å²) in [7, 11) is 0. The molecule has 0 radical (unpaired) electrons. The fourth-order valence-electron chi connectivity index (χ4n) is 12.6. The Labute approximate surface area is 554 Å². The van der Waals surface area contributed by atoms with Crippen molar-refractivity contribution in [2.75, 3.05) is 45.9 Å². The molecule has 6 heterocycles. The maximum absolute atomic E-state index is 14.4. The molecule has 0 aromatic carbocycles. The first-order valence-electron chi connectivity index (χ1n) is 33.2. The number of ether oxygens (including phenoxy) is 7. The van der Waals surface area contributed by atoms with Gasteiger partial charge in [0.25, 0.3) is 0 Å². The van der Waals surface area contributed by atoms with Crippen molar-refractivity contribution in [1.29, 1.82) is 0 Å². The predicted octanol–water partition coefficient (Wildman–Crippen LogP) is -3.51. The van der Waals surface area contributed by atoms with E-state index >= 15 is 0 Å². The van der Waals surface area contributed by atoms with E-state index in [1.165, 1.54) is 13.0 Å². The molecule has 2 bridgehead atoms. The summed E-state index contributed by atoms with van der Waals surface area (Å²) in [5.74, 6) is -8.70. The molecular formula is C66H107N3O26. The van der Waals surface area contributed by atoms with Gasteiger partial charge in [0.15, 0.2) is 18.4 Å². The lowest BCUT2D eigenvalue weighted by molar-refractivity contribution is -0.368. The third-order valence-electron chi connectivity index (χ3n) is 18.6. The van der Waals surface area contributed by atoms with Crippen molar-refractivity contribution in [3.8, 4) is 0 Å². The number of cyclic esters (lactones) is 1. The number of carbonyl (C=O) groups excluding carboxylic acids is 2. The van der Waals surface area contributed by atoms with Crippen molar-refractivity contribution in [3.63, 3.8) is 0 Å². The molecule has 6 aliphatic heterocycles. The lowest BCUT2D eigenvalue weighted by Crippen LogP contribution is -2.70. The van der Waals surface area contributed by atoms with Crippen LogP contribution in [0.1, 0.15) is 98.3 Å². The van der Waals surface area contributed by atoms with Crippen LogP contribution >= 0.6 is 0 Å². The first-order valence-corrected chi connectivity index (χ1v) is 33.2. The standard InChI is InChI=1S/C66H107N3O26/c1-37-20-16-13-11-9-7-5-6-8-10-12-14-17-21-44(92-63-57(82)53(55(80)40(4)91-63)68-36-66(88)61(85)60(48(77)35-89-66)94-64-59(84)58(83)56(81)50(34-70)93-64)31-49-52(62(86)67-24-27-69-25-18-15-19-26-69)47(76)33-65(87,95-49)32-43(73)29-46(75)45(74)23-22-41(71)28-42(72)30-51(78)90-39(3)38(2)54(37)79/h5-14,16-17,20-21,37-50,52-61,63-64,68,70-77,79-85,87-88H,15,18-19,22-36H2,1-4H3,(H,67,86)/b6-5+,9-7+,10-8+,13-11+,14-12+,20-16+,21-17+/t37-,38-,39-,40+,41+,42+,43-,44-,45+,46+,47-,48+,49?,50+,52?,53-,54+,55+,56+,57-,58-,59+,60+,61-,63?,64?,65+,66+/m0/s1. The van der Waals surface area contributed by atoms with Crippen molar-refractivity contribution < 1.29 is 130 Å². The Kier molecular flexibility index (Phi) is 32.6. The predicted molar refractivity (Wildman–Crippen MR) is 338 cm³/mol. The van der Waals surface area contributed by atoms with E-state index in [4.69, 9.17) is 33.2 Å². The first-order chi connectivity index (χ1) is 45.0. The van der Waals surface area contributed by atoms with Crippen LogP contribution in [-0.4, -0.2) is 302 Å². The van der Waals surface area contributed by atoms with Crippen LogP contribution in [-0.2, 0) is 42.7 Å². The van der Waals surface area contributed by atoms with Gasteiger partial charge in [-0.15, -0.1) is 0 Å². The summed E-state index contributed by atoms with van der Waals surface area (Å²) in [6, 6.07) is -1.46. The maximum atomic E-state index is 14.4. The summed E-state index contributed by atoms with van der Waals surface area (Å²) in [6.07, 6.45) is -10.3. The van der Waals surface area contributed by atoms with Crippen LogP contribution < -0.4 is 10.6 Å². The Bertz CT molecular complexity index is 2520. The molecule has 28 atom stereocenters. The van der Waals surface area contributed by atoms with Crippen LogP contribution in [0.3, 0.4) is 0 Å². The Morgan fingerprint density at radius 3 is 1.88 bits per heavy atom. The van der Waals surface area contributed by atoms with Gasteiger partial charge in [-0.05, 0) is 59.0 Å². The molecule has 0 aromatic heterocycles. The van der Waals surface area contributed by atoms with E-state index < -0.39 is 221 Å². The second kappa shape index (κ2) is 38.6.